The first-order valence-corrected chi connectivity index (χ1v) is 5.33. The normalized spacial score (nSPS) is 12.1. The molecule has 1 heterocycles. The highest BCUT2D eigenvalue weighted by Gasteiger charge is 2.15. The molecule has 0 N–H and O–H groups in total. The third-order valence-electron chi connectivity index (χ3n) is 2.82. The second kappa shape index (κ2) is 4.24. The molecular weight excluding hydrogens is 196 g/mol. The summed E-state index contributed by atoms with van der Waals surface area (Å²) in [6.07, 6.45) is 0. The summed E-state index contributed by atoms with van der Waals surface area (Å²) >= 11 is 0. The minimum Gasteiger partial charge on any atom is -0.329 e. The molecule has 0 radical (unpaired) electrons. The number of nitrogens with zero attached hydrogens (tertiary/aromatic N) is 2. The van der Waals surface area contributed by atoms with Crippen molar-refractivity contribution >= 4 is 0 Å². The van der Waals surface area contributed by atoms with Crippen molar-refractivity contribution in [3.8, 4) is 6.07 Å². The maximum absolute atomic E-state index is 9.33. The zero-order chi connectivity index (χ0) is 11.5. The van der Waals surface area contributed by atoms with E-state index < -0.39 is 0 Å². The second-order valence-corrected chi connectivity index (χ2v) is 3.93. The number of hydrogen-bond acceptors (Lipinski definition) is 1. The minimum atomic E-state index is -0.226. The van der Waals surface area contributed by atoms with E-state index in [1.165, 1.54) is 0 Å². The Kier molecular flexibility index (Phi) is 2.78. The number of aromatic nitrogens is 1. The quantitative estimate of drug-likeness (QED) is 0.748. The average Bonchev–Trinajstić information content (AvgIpc) is 2.63. The van der Waals surface area contributed by atoms with Gasteiger partial charge in [0.05, 0.1) is 6.07 Å². The monoisotopic (exact) mass is 210 g/mol. The predicted octanol–water partition coefficient (Wildman–Crippen LogP) is 3.22. The molecule has 0 fully saturated rings. The fourth-order valence-corrected chi connectivity index (χ4v) is 2.00. The number of rotatable bonds is 2. The Balaban J connectivity index is 2.50. The molecule has 1 aromatic carbocycles. The Morgan fingerprint density at radius 2 is 1.56 bits per heavy atom. The predicted molar refractivity (Wildman–Crippen MR) is 64.1 cm³/mol. The van der Waals surface area contributed by atoms with Crippen molar-refractivity contribution in [2.45, 2.75) is 19.9 Å². The highest BCUT2D eigenvalue weighted by molar-refractivity contribution is 5.29. The smallest absolute Gasteiger partial charge is 0.146 e. The molecule has 1 unspecified atom stereocenters. The summed E-state index contributed by atoms with van der Waals surface area (Å²) in [5.74, 6) is 0. The Hall–Kier alpha value is -2.01. The summed E-state index contributed by atoms with van der Waals surface area (Å²) in [4.78, 5) is 0. The molecule has 1 atom stereocenters. The Labute approximate surface area is 95.8 Å². The molecule has 2 rings (SSSR count). The van der Waals surface area contributed by atoms with Crippen LogP contribution in [0.4, 0.5) is 0 Å². The first-order valence-electron chi connectivity index (χ1n) is 5.33. The standard InChI is InChI=1S/C14H14N2/c1-11-8-9-12(2)16(11)14(10-15)13-6-4-3-5-7-13/h3-9,14H,1-2H3. The van der Waals surface area contributed by atoms with Crippen LogP contribution in [0.1, 0.15) is 23.0 Å². The van der Waals surface area contributed by atoms with Gasteiger partial charge < -0.3 is 4.57 Å². The van der Waals surface area contributed by atoms with Crippen LogP contribution in [0.25, 0.3) is 0 Å². The maximum Gasteiger partial charge on any atom is 0.146 e. The van der Waals surface area contributed by atoms with Gasteiger partial charge in [-0.3, -0.25) is 0 Å². The Bertz CT molecular complexity index is 498. The van der Waals surface area contributed by atoms with Crippen LogP contribution in [0.2, 0.25) is 0 Å². The molecule has 0 saturated carbocycles. The molecule has 0 bridgehead atoms. The number of nitriles is 1. The van der Waals surface area contributed by atoms with E-state index in [-0.39, 0.29) is 6.04 Å². The lowest BCUT2D eigenvalue weighted by atomic mass is 10.1. The number of benzene rings is 1. The second-order valence-electron chi connectivity index (χ2n) is 3.93. The van der Waals surface area contributed by atoms with Crippen LogP contribution in [0.15, 0.2) is 42.5 Å². The van der Waals surface area contributed by atoms with Crippen LogP contribution in [-0.2, 0) is 0 Å². The molecule has 0 aliphatic carbocycles. The van der Waals surface area contributed by atoms with Crippen molar-refractivity contribution in [1.29, 1.82) is 5.26 Å². The molecule has 2 nitrogen and oxygen atoms in total. The Morgan fingerprint density at radius 3 is 2.06 bits per heavy atom. The van der Waals surface area contributed by atoms with Crippen molar-refractivity contribution in [3.05, 3.63) is 59.4 Å². The summed E-state index contributed by atoms with van der Waals surface area (Å²) < 4.78 is 2.06. The SMILES string of the molecule is Cc1ccc(C)n1C(C#N)c1ccccc1. The van der Waals surface area contributed by atoms with Gasteiger partial charge in [0.25, 0.3) is 0 Å². The highest BCUT2D eigenvalue weighted by atomic mass is 15.0. The molecule has 0 aliphatic heterocycles. The lowest BCUT2D eigenvalue weighted by Gasteiger charge is -2.16. The molecule has 2 heteroatoms. The van der Waals surface area contributed by atoms with Gasteiger partial charge in [0, 0.05) is 11.4 Å². The van der Waals surface area contributed by atoms with Crippen molar-refractivity contribution in [3.63, 3.8) is 0 Å². The first-order chi connectivity index (χ1) is 7.74. The van der Waals surface area contributed by atoms with Gasteiger partial charge >= 0.3 is 0 Å². The molecule has 0 amide bonds. The van der Waals surface area contributed by atoms with Gasteiger partial charge in [-0.2, -0.15) is 5.26 Å². The van der Waals surface area contributed by atoms with Crippen LogP contribution >= 0.6 is 0 Å². The Morgan fingerprint density at radius 1 is 1.00 bits per heavy atom. The van der Waals surface area contributed by atoms with Gasteiger partial charge in [-0.25, -0.2) is 0 Å². The summed E-state index contributed by atoms with van der Waals surface area (Å²) in [6, 6.07) is 16.1. The summed E-state index contributed by atoms with van der Waals surface area (Å²) in [6.45, 7) is 4.06. The van der Waals surface area contributed by atoms with Gasteiger partial charge in [-0.1, -0.05) is 30.3 Å². The van der Waals surface area contributed by atoms with Crippen LogP contribution in [-0.4, -0.2) is 4.57 Å². The molecule has 0 saturated heterocycles. The average molecular weight is 210 g/mol. The molecule has 80 valence electrons. The maximum atomic E-state index is 9.33. The lowest BCUT2D eigenvalue weighted by Crippen LogP contribution is -2.11. The van der Waals surface area contributed by atoms with Gasteiger partial charge in [0.15, 0.2) is 0 Å². The molecule has 0 spiro atoms. The van der Waals surface area contributed by atoms with Crippen molar-refractivity contribution in [2.75, 3.05) is 0 Å². The largest absolute Gasteiger partial charge is 0.329 e. The van der Waals surface area contributed by atoms with E-state index in [2.05, 4.69) is 10.6 Å². The van der Waals surface area contributed by atoms with Gasteiger partial charge in [0.2, 0.25) is 0 Å². The van der Waals surface area contributed by atoms with Gasteiger partial charge in [0.1, 0.15) is 6.04 Å². The highest BCUT2D eigenvalue weighted by Crippen LogP contribution is 2.22. The van der Waals surface area contributed by atoms with Crippen LogP contribution < -0.4 is 0 Å². The van der Waals surface area contributed by atoms with Crippen molar-refractivity contribution in [1.82, 2.24) is 4.57 Å². The van der Waals surface area contributed by atoms with E-state index in [4.69, 9.17) is 0 Å². The summed E-state index contributed by atoms with van der Waals surface area (Å²) in [5.41, 5.74) is 3.27. The zero-order valence-electron chi connectivity index (χ0n) is 9.51. The first kappa shape index (κ1) is 10.5. The van der Waals surface area contributed by atoms with Crippen molar-refractivity contribution < 1.29 is 0 Å². The zero-order valence-corrected chi connectivity index (χ0v) is 9.51. The molecular formula is C14H14N2. The van der Waals surface area contributed by atoms with Gasteiger partial charge in [-0.15, -0.1) is 0 Å². The van der Waals surface area contributed by atoms with Crippen LogP contribution in [0.5, 0.6) is 0 Å². The third kappa shape index (κ3) is 1.72. The number of aryl methyl sites for hydroxylation is 2. The van der Waals surface area contributed by atoms with E-state index >= 15 is 0 Å². The summed E-state index contributed by atoms with van der Waals surface area (Å²) in [7, 11) is 0. The van der Waals surface area contributed by atoms with E-state index in [9.17, 15) is 5.26 Å². The molecule has 2 aromatic rings. The minimum absolute atomic E-state index is 0.226. The summed E-state index contributed by atoms with van der Waals surface area (Å²) in [5, 5.41) is 9.33. The molecule has 0 aliphatic rings. The fourth-order valence-electron chi connectivity index (χ4n) is 2.00. The lowest BCUT2D eigenvalue weighted by molar-refractivity contribution is 0.674. The molecule has 1 aromatic heterocycles. The van der Waals surface area contributed by atoms with E-state index in [1.54, 1.807) is 0 Å². The van der Waals surface area contributed by atoms with E-state index in [0.29, 0.717) is 0 Å². The van der Waals surface area contributed by atoms with Crippen LogP contribution in [0.3, 0.4) is 0 Å². The molecule has 16 heavy (non-hydrogen) atoms. The van der Waals surface area contributed by atoms with Crippen molar-refractivity contribution in [2.24, 2.45) is 0 Å². The third-order valence-corrected chi connectivity index (χ3v) is 2.82. The van der Waals surface area contributed by atoms with E-state index in [0.717, 1.165) is 17.0 Å². The van der Waals surface area contributed by atoms with Crippen LogP contribution in [0, 0.1) is 25.2 Å². The topological polar surface area (TPSA) is 28.7 Å². The number of hydrogen-bond donors (Lipinski definition) is 0. The van der Waals surface area contributed by atoms with E-state index in [1.807, 2.05) is 56.3 Å². The van der Waals surface area contributed by atoms with Gasteiger partial charge in [-0.05, 0) is 31.5 Å². The fraction of sp³-hybridized carbons (Fsp3) is 0.214.